The molecule has 0 aliphatic heterocycles. The number of hydrogen-bond donors (Lipinski definition) is 2. The Hall–Kier alpha value is -3.55. The van der Waals surface area contributed by atoms with Gasteiger partial charge < -0.3 is 10.4 Å². The number of hydrogen-bond acceptors (Lipinski definition) is 6. The topological polar surface area (TPSA) is 105 Å². The predicted molar refractivity (Wildman–Crippen MR) is 87.5 cm³/mol. The maximum absolute atomic E-state index is 11.3. The minimum Gasteiger partial charge on any atom is -0.476 e. The van der Waals surface area contributed by atoms with Crippen LogP contribution in [0.4, 0.5) is 11.6 Å². The van der Waals surface area contributed by atoms with Crippen molar-refractivity contribution in [2.24, 2.45) is 0 Å². The molecule has 0 atom stereocenters. The quantitative estimate of drug-likeness (QED) is 0.597. The van der Waals surface area contributed by atoms with E-state index >= 15 is 0 Å². The van der Waals surface area contributed by atoms with Crippen molar-refractivity contribution in [2.45, 2.75) is 6.92 Å². The number of aromatic carboxylic acids is 1. The van der Waals surface area contributed by atoms with Crippen LogP contribution in [0.15, 0.2) is 42.9 Å². The Morgan fingerprint density at radius 3 is 2.92 bits per heavy atom. The highest BCUT2D eigenvalue weighted by molar-refractivity contribution is 5.97. The molecule has 118 valence electrons. The van der Waals surface area contributed by atoms with Crippen LogP contribution in [0.3, 0.4) is 0 Å². The van der Waals surface area contributed by atoms with Gasteiger partial charge in [-0.05, 0) is 31.2 Å². The first-order valence-electron chi connectivity index (χ1n) is 7.18. The average Bonchev–Trinajstić information content (AvgIpc) is 3.01. The van der Waals surface area contributed by atoms with Gasteiger partial charge >= 0.3 is 5.97 Å². The summed E-state index contributed by atoms with van der Waals surface area (Å²) in [6.07, 6.45) is 4.97. The van der Waals surface area contributed by atoms with E-state index in [4.69, 9.17) is 0 Å². The van der Waals surface area contributed by atoms with Gasteiger partial charge in [0.05, 0.1) is 11.0 Å². The monoisotopic (exact) mass is 320 g/mol. The number of pyridine rings is 2. The van der Waals surface area contributed by atoms with Gasteiger partial charge in [-0.3, -0.25) is 9.97 Å². The van der Waals surface area contributed by atoms with Crippen LogP contribution in [0.25, 0.3) is 16.4 Å². The molecule has 8 nitrogen and oxygen atoms in total. The van der Waals surface area contributed by atoms with Crippen LogP contribution in [0.5, 0.6) is 0 Å². The highest BCUT2D eigenvalue weighted by Gasteiger charge is 2.15. The van der Waals surface area contributed by atoms with Crippen LogP contribution in [0, 0.1) is 6.92 Å². The lowest BCUT2D eigenvalue weighted by Crippen LogP contribution is -2.05. The Balaban J connectivity index is 1.96. The Labute approximate surface area is 135 Å². The van der Waals surface area contributed by atoms with E-state index in [2.05, 4.69) is 25.4 Å². The second-order valence-corrected chi connectivity index (χ2v) is 5.27. The van der Waals surface area contributed by atoms with Crippen molar-refractivity contribution in [1.29, 1.82) is 0 Å². The zero-order valence-electron chi connectivity index (χ0n) is 12.6. The molecule has 0 fully saturated rings. The smallest absolute Gasteiger partial charge is 0.356 e. The lowest BCUT2D eigenvalue weighted by molar-refractivity contribution is 0.0690. The van der Waals surface area contributed by atoms with Crippen molar-refractivity contribution >= 4 is 34.0 Å². The Morgan fingerprint density at radius 2 is 2.12 bits per heavy atom. The third-order valence-electron chi connectivity index (χ3n) is 3.58. The fourth-order valence-electron chi connectivity index (χ4n) is 2.52. The van der Waals surface area contributed by atoms with Crippen molar-refractivity contribution in [3.05, 3.63) is 54.2 Å². The van der Waals surface area contributed by atoms with E-state index < -0.39 is 5.97 Å². The molecule has 0 saturated heterocycles. The minimum absolute atomic E-state index is 0.0536. The molecule has 4 heterocycles. The van der Waals surface area contributed by atoms with Gasteiger partial charge in [0.2, 0.25) is 5.95 Å². The van der Waals surface area contributed by atoms with Crippen molar-refractivity contribution in [1.82, 2.24) is 24.6 Å². The molecule has 0 radical (unpaired) electrons. The molecule has 4 aromatic heterocycles. The average molecular weight is 320 g/mol. The molecule has 0 bridgehead atoms. The van der Waals surface area contributed by atoms with Crippen molar-refractivity contribution in [3.63, 3.8) is 0 Å². The van der Waals surface area contributed by atoms with Gasteiger partial charge in [0.1, 0.15) is 0 Å². The Kier molecular flexibility index (Phi) is 3.09. The lowest BCUT2D eigenvalue weighted by Gasteiger charge is -2.09. The van der Waals surface area contributed by atoms with Gasteiger partial charge in [0, 0.05) is 35.4 Å². The van der Waals surface area contributed by atoms with Gasteiger partial charge in [0.15, 0.2) is 5.69 Å². The van der Waals surface area contributed by atoms with Gasteiger partial charge in [-0.25, -0.2) is 9.78 Å². The number of rotatable bonds is 3. The minimum atomic E-state index is -1.10. The molecular formula is C16H12N6O2. The number of nitrogens with one attached hydrogen (secondary N) is 1. The first-order chi connectivity index (χ1) is 11.6. The summed E-state index contributed by atoms with van der Waals surface area (Å²) in [7, 11) is 0. The van der Waals surface area contributed by atoms with Gasteiger partial charge in [-0.2, -0.15) is 9.61 Å². The fraction of sp³-hybridized carbons (Fsp3) is 0.0625. The molecule has 0 aliphatic rings. The summed E-state index contributed by atoms with van der Waals surface area (Å²) in [6, 6.07) is 6.95. The van der Waals surface area contributed by atoms with E-state index in [9.17, 15) is 9.90 Å². The molecule has 0 saturated carbocycles. The Bertz CT molecular complexity index is 1090. The van der Waals surface area contributed by atoms with E-state index in [1.807, 2.05) is 13.0 Å². The van der Waals surface area contributed by atoms with Crippen LogP contribution in [-0.2, 0) is 0 Å². The summed E-state index contributed by atoms with van der Waals surface area (Å²) < 4.78 is 1.48. The molecule has 0 unspecified atom stereocenters. The number of nitrogens with zero attached hydrogens (tertiary/aromatic N) is 5. The van der Waals surface area contributed by atoms with Gasteiger partial charge in [-0.15, -0.1) is 0 Å². The summed E-state index contributed by atoms with van der Waals surface area (Å²) in [5, 5.41) is 17.3. The van der Waals surface area contributed by atoms with Gasteiger partial charge in [0.25, 0.3) is 0 Å². The number of anilines is 2. The van der Waals surface area contributed by atoms with E-state index in [0.29, 0.717) is 17.0 Å². The number of fused-ring (bicyclic) bond motifs is 3. The zero-order valence-corrected chi connectivity index (χ0v) is 12.6. The molecule has 0 aliphatic carbocycles. The van der Waals surface area contributed by atoms with Crippen LogP contribution >= 0.6 is 0 Å². The first-order valence-corrected chi connectivity index (χ1v) is 7.18. The molecule has 8 heteroatoms. The zero-order chi connectivity index (χ0) is 16.7. The predicted octanol–water partition coefficient (Wildman–Crippen LogP) is 2.42. The number of carbonyl (C=O) groups is 1. The molecule has 0 spiro atoms. The molecular weight excluding hydrogens is 308 g/mol. The van der Waals surface area contributed by atoms with Gasteiger partial charge in [-0.1, -0.05) is 0 Å². The van der Waals surface area contributed by atoms with Crippen LogP contribution in [-0.4, -0.2) is 35.6 Å². The third-order valence-corrected chi connectivity index (χ3v) is 3.58. The molecule has 2 N–H and O–H groups in total. The maximum Gasteiger partial charge on any atom is 0.356 e. The molecule has 24 heavy (non-hydrogen) atoms. The molecule has 0 amide bonds. The first kappa shape index (κ1) is 14.1. The summed E-state index contributed by atoms with van der Waals surface area (Å²) in [5.41, 5.74) is 2.91. The largest absolute Gasteiger partial charge is 0.476 e. The van der Waals surface area contributed by atoms with Crippen LogP contribution in [0.1, 0.15) is 16.2 Å². The number of aromatic nitrogens is 5. The SMILES string of the molecule is Cc1cc(Nc2nc3ccncc3c3cc(C(=O)O)nn23)ccn1. The van der Waals surface area contributed by atoms with E-state index in [0.717, 1.165) is 16.8 Å². The lowest BCUT2D eigenvalue weighted by atomic mass is 10.2. The second-order valence-electron chi connectivity index (χ2n) is 5.27. The van der Waals surface area contributed by atoms with Crippen molar-refractivity contribution in [3.8, 4) is 0 Å². The molecule has 4 aromatic rings. The molecule has 0 aromatic carbocycles. The van der Waals surface area contributed by atoms with Crippen molar-refractivity contribution in [2.75, 3.05) is 5.32 Å². The van der Waals surface area contributed by atoms with E-state index in [1.165, 1.54) is 10.6 Å². The molecule has 4 rings (SSSR count). The second kappa shape index (κ2) is 5.27. The van der Waals surface area contributed by atoms with Crippen LogP contribution < -0.4 is 5.32 Å². The number of carboxylic acid groups (broad SMARTS) is 1. The summed E-state index contributed by atoms with van der Waals surface area (Å²) >= 11 is 0. The van der Waals surface area contributed by atoms with E-state index in [-0.39, 0.29) is 5.69 Å². The Morgan fingerprint density at radius 1 is 1.25 bits per heavy atom. The highest BCUT2D eigenvalue weighted by Crippen LogP contribution is 2.24. The number of carboxylic acids is 1. The third kappa shape index (κ3) is 2.30. The van der Waals surface area contributed by atoms with E-state index in [1.54, 1.807) is 30.7 Å². The van der Waals surface area contributed by atoms with Crippen LogP contribution in [0.2, 0.25) is 0 Å². The number of aryl methyl sites for hydroxylation is 1. The standard InChI is InChI=1S/C16H12N6O2/c1-9-6-10(2-5-18-9)19-16-20-12-3-4-17-8-11(12)14-7-13(15(23)24)21-22(14)16/h2-8H,1H3,(H,23,24)(H,18,19,20). The highest BCUT2D eigenvalue weighted by atomic mass is 16.4. The summed E-state index contributed by atoms with van der Waals surface area (Å²) in [6.45, 7) is 1.89. The normalized spacial score (nSPS) is 11.0. The fourth-order valence-corrected chi connectivity index (χ4v) is 2.52. The summed E-state index contributed by atoms with van der Waals surface area (Å²) in [5.74, 6) is -0.678. The maximum atomic E-state index is 11.3. The summed E-state index contributed by atoms with van der Waals surface area (Å²) in [4.78, 5) is 24.1. The van der Waals surface area contributed by atoms with Crippen molar-refractivity contribution < 1.29 is 9.90 Å².